The maximum absolute atomic E-state index is 11.8. The number of benzene rings is 1. The van der Waals surface area contributed by atoms with Crippen LogP contribution in [0.1, 0.15) is 18.4 Å². The summed E-state index contributed by atoms with van der Waals surface area (Å²) in [5.41, 5.74) is 0.989. The standard InChI is InChI=1S/C13H20N2O2S/c16-18(17,9-7-13-6-8-14-10-13)15-11-12-4-2-1-3-5-12/h1-5,13-15H,6-11H2. The number of nitrogens with one attached hydrogen (secondary N) is 2. The third kappa shape index (κ3) is 4.40. The molecule has 1 aromatic carbocycles. The van der Waals surface area contributed by atoms with Crippen molar-refractivity contribution in [2.24, 2.45) is 5.92 Å². The summed E-state index contributed by atoms with van der Waals surface area (Å²) >= 11 is 0. The zero-order chi connectivity index (χ0) is 12.8. The fourth-order valence-electron chi connectivity index (χ4n) is 2.14. The molecule has 1 aromatic rings. The van der Waals surface area contributed by atoms with Crippen LogP contribution in [0.2, 0.25) is 0 Å². The first-order chi connectivity index (χ1) is 8.66. The molecule has 1 atom stereocenters. The van der Waals surface area contributed by atoms with E-state index in [0.717, 1.165) is 31.5 Å². The molecule has 2 rings (SSSR count). The van der Waals surface area contributed by atoms with Crippen molar-refractivity contribution in [3.8, 4) is 0 Å². The lowest BCUT2D eigenvalue weighted by Crippen LogP contribution is -2.27. The molecule has 1 heterocycles. The van der Waals surface area contributed by atoms with Gasteiger partial charge >= 0.3 is 0 Å². The van der Waals surface area contributed by atoms with E-state index in [0.29, 0.717) is 12.5 Å². The molecule has 1 unspecified atom stereocenters. The van der Waals surface area contributed by atoms with E-state index in [4.69, 9.17) is 0 Å². The second kappa shape index (κ2) is 6.31. The van der Waals surface area contributed by atoms with Crippen molar-refractivity contribution < 1.29 is 8.42 Å². The van der Waals surface area contributed by atoms with Gasteiger partial charge in [-0.1, -0.05) is 30.3 Å². The Morgan fingerprint density at radius 2 is 2.06 bits per heavy atom. The van der Waals surface area contributed by atoms with Gasteiger partial charge in [-0.05, 0) is 37.4 Å². The average molecular weight is 268 g/mol. The number of hydrogen-bond acceptors (Lipinski definition) is 3. The molecule has 5 heteroatoms. The molecule has 0 aromatic heterocycles. The Bertz CT molecular complexity index is 453. The Hall–Kier alpha value is -0.910. The molecule has 18 heavy (non-hydrogen) atoms. The summed E-state index contributed by atoms with van der Waals surface area (Å²) < 4.78 is 26.3. The fraction of sp³-hybridized carbons (Fsp3) is 0.538. The second-order valence-corrected chi connectivity index (χ2v) is 6.70. The van der Waals surface area contributed by atoms with Crippen LogP contribution in [-0.4, -0.2) is 27.3 Å². The van der Waals surface area contributed by atoms with E-state index in [9.17, 15) is 8.42 Å². The van der Waals surface area contributed by atoms with E-state index in [1.165, 1.54) is 0 Å². The number of hydrogen-bond donors (Lipinski definition) is 2. The van der Waals surface area contributed by atoms with Gasteiger partial charge in [0.1, 0.15) is 0 Å². The van der Waals surface area contributed by atoms with Crippen LogP contribution < -0.4 is 10.0 Å². The highest BCUT2D eigenvalue weighted by molar-refractivity contribution is 7.89. The number of sulfonamides is 1. The third-order valence-electron chi connectivity index (χ3n) is 3.30. The molecular weight excluding hydrogens is 248 g/mol. The molecule has 0 bridgehead atoms. The third-order valence-corrected chi connectivity index (χ3v) is 4.65. The lowest BCUT2D eigenvalue weighted by molar-refractivity contribution is 0.539. The van der Waals surface area contributed by atoms with Gasteiger partial charge in [0.15, 0.2) is 0 Å². The lowest BCUT2D eigenvalue weighted by atomic mass is 10.1. The molecular formula is C13H20N2O2S. The van der Waals surface area contributed by atoms with E-state index in [1.54, 1.807) is 0 Å². The SMILES string of the molecule is O=S(=O)(CCC1CCNC1)NCc1ccccc1. The van der Waals surface area contributed by atoms with Gasteiger partial charge in [0, 0.05) is 6.54 Å². The Balaban J connectivity index is 1.76. The monoisotopic (exact) mass is 268 g/mol. The Morgan fingerprint density at radius 3 is 2.72 bits per heavy atom. The molecule has 0 spiro atoms. The van der Waals surface area contributed by atoms with Crippen molar-refractivity contribution in [2.45, 2.75) is 19.4 Å². The minimum atomic E-state index is -3.15. The first kappa shape index (κ1) is 13.5. The van der Waals surface area contributed by atoms with Crippen LogP contribution >= 0.6 is 0 Å². The molecule has 4 nitrogen and oxygen atoms in total. The summed E-state index contributed by atoms with van der Waals surface area (Å²) in [6.07, 6.45) is 1.84. The van der Waals surface area contributed by atoms with Crippen LogP contribution in [0.4, 0.5) is 0 Å². The van der Waals surface area contributed by atoms with Crippen LogP contribution in [-0.2, 0) is 16.6 Å². The Kier molecular flexibility index (Phi) is 4.74. The van der Waals surface area contributed by atoms with E-state index in [-0.39, 0.29) is 5.75 Å². The topological polar surface area (TPSA) is 58.2 Å². The van der Waals surface area contributed by atoms with Gasteiger partial charge in [-0.25, -0.2) is 13.1 Å². The van der Waals surface area contributed by atoms with Gasteiger partial charge in [-0.2, -0.15) is 0 Å². The van der Waals surface area contributed by atoms with E-state index >= 15 is 0 Å². The summed E-state index contributed by atoms with van der Waals surface area (Å²) in [5, 5.41) is 3.25. The van der Waals surface area contributed by atoms with E-state index in [2.05, 4.69) is 10.0 Å². The highest BCUT2D eigenvalue weighted by atomic mass is 32.2. The van der Waals surface area contributed by atoms with Crippen molar-refractivity contribution >= 4 is 10.0 Å². The van der Waals surface area contributed by atoms with Gasteiger partial charge in [-0.3, -0.25) is 0 Å². The summed E-state index contributed by atoms with van der Waals surface area (Å²) in [5.74, 6) is 0.741. The maximum Gasteiger partial charge on any atom is 0.211 e. The predicted octanol–water partition coefficient (Wildman–Crippen LogP) is 1.11. The van der Waals surface area contributed by atoms with Crippen molar-refractivity contribution in [1.82, 2.24) is 10.0 Å². The normalized spacial score (nSPS) is 20.1. The smallest absolute Gasteiger partial charge is 0.211 e. The molecule has 0 saturated carbocycles. The van der Waals surface area contributed by atoms with Crippen molar-refractivity contribution in [1.29, 1.82) is 0 Å². The average Bonchev–Trinajstić information content (AvgIpc) is 2.89. The van der Waals surface area contributed by atoms with E-state index in [1.807, 2.05) is 30.3 Å². The summed E-state index contributed by atoms with van der Waals surface area (Å²) in [6, 6.07) is 9.58. The minimum Gasteiger partial charge on any atom is -0.316 e. The van der Waals surface area contributed by atoms with Crippen LogP contribution in [0.3, 0.4) is 0 Å². The van der Waals surface area contributed by atoms with Crippen molar-refractivity contribution in [3.63, 3.8) is 0 Å². The maximum atomic E-state index is 11.8. The summed E-state index contributed by atoms with van der Waals surface area (Å²) in [6.45, 7) is 2.35. The van der Waals surface area contributed by atoms with Crippen LogP contribution in [0.5, 0.6) is 0 Å². The van der Waals surface area contributed by atoms with Gasteiger partial charge < -0.3 is 5.32 Å². The molecule has 1 fully saturated rings. The zero-order valence-corrected chi connectivity index (χ0v) is 11.2. The molecule has 0 amide bonds. The molecule has 2 N–H and O–H groups in total. The summed E-state index contributed by atoms with van der Waals surface area (Å²) in [7, 11) is -3.15. The molecule has 1 saturated heterocycles. The largest absolute Gasteiger partial charge is 0.316 e. The molecule has 0 aliphatic carbocycles. The predicted molar refractivity (Wildman–Crippen MR) is 72.7 cm³/mol. The first-order valence-corrected chi connectivity index (χ1v) is 8.03. The van der Waals surface area contributed by atoms with Gasteiger partial charge in [0.2, 0.25) is 10.0 Å². The zero-order valence-electron chi connectivity index (χ0n) is 10.4. The molecule has 100 valence electrons. The fourth-order valence-corrected chi connectivity index (χ4v) is 3.32. The van der Waals surface area contributed by atoms with Crippen LogP contribution in [0.25, 0.3) is 0 Å². The highest BCUT2D eigenvalue weighted by Gasteiger charge is 2.18. The number of rotatable bonds is 6. The highest BCUT2D eigenvalue weighted by Crippen LogP contribution is 2.13. The van der Waals surface area contributed by atoms with Crippen molar-refractivity contribution in [2.75, 3.05) is 18.8 Å². The molecule has 0 radical (unpaired) electrons. The van der Waals surface area contributed by atoms with Crippen molar-refractivity contribution in [3.05, 3.63) is 35.9 Å². The summed E-state index contributed by atoms with van der Waals surface area (Å²) in [4.78, 5) is 0. The minimum absolute atomic E-state index is 0.228. The second-order valence-electron chi connectivity index (χ2n) is 4.77. The van der Waals surface area contributed by atoms with E-state index < -0.39 is 10.0 Å². The molecule has 1 aliphatic rings. The van der Waals surface area contributed by atoms with Gasteiger partial charge in [0.05, 0.1) is 5.75 Å². The molecule has 1 aliphatic heterocycles. The van der Waals surface area contributed by atoms with Gasteiger partial charge in [0.25, 0.3) is 0 Å². The Morgan fingerprint density at radius 1 is 1.28 bits per heavy atom. The lowest BCUT2D eigenvalue weighted by Gasteiger charge is -2.10. The quantitative estimate of drug-likeness (QED) is 0.812. The van der Waals surface area contributed by atoms with Crippen LogP contribution in [0.15, 0.2) is 30.3 Å². The van der Waals surface area contributed by atoms with Crippen LogP contribution in [0, 0.1) is 5.92 Å². The Labute approximate surface area is 109 Å². The first-order valence-electron chi connectivity index (χ1n) is 6.38. The van der Waals surface area contributed by atoms with Gasteiger partial charge in [-0.15, -0.1) is 0 Å².